The van der Waals surface area contributed by atoms with Gasteiger partial charge in [0.25, 0.3) is 10.1 Å². The van der Waals surface area contributed by atoms with Crippen LogP contribution in [0.2, 0.25) is 0 Å². The molecule has 358 valence electrons. The van der Waals surface area contributed by atoms with Crippen LogP contribution in [0.3, 0.4) is 0 Å². The molecule has 0 amide bonds. The summed E-state index contributed by atoms with van der Waals surface area (Å²) in [6, 6.07) is 0. The molecular formula is C48H88O12S. The van der Waals surface area contributed by atoms with Gasteiger partial charge in [0.15, 0.2) is 12.4 Å². The third kappa shape index (κ3) is 33.3. The maximum absolute atomic E-state index is 12.8. The molecule has 1 aliphatic rings. The predicted molar refractivity (Wildman–Crippen MR) is 243 cm³/mol. The summed E-state index contributed by atoms with van der Waals surface area (Å²) >= 11 is 0. The van der Waals surface area contributed by atoms with Crippen LogP contribution in [0.1, 0.15) is 213 Å². The number of carbonyl (C=O) groups excluding carboxylic acids is 2. The molecule has 0 radical (unpaired) electrons. The molecule has 0 aromatic heterocycles. The lowest BCUT2D eigenvalue weighted by Crippen LogP contribution is -2.60. The average Bonchev–Trinajstić information content (AvgIpc) is 3.22. The van der Waals surface area contributed by atoms with Crippen molar-refractivity contribution in [2.24, 2.45) is 0 Å². The van der Waals surface area contributed by atoms with E-state index in [1.54, 1.807) is 0 Å². The third-order valence-electron chi connectivity index (χ3n) is 11.3. The number of hydrogen-bond acceptors (Lipinski definition) is 11. The molecular weight excluding hydrogens is 801 g/mol. The van der Waals surface area contributed by atoms with Crippen molar-refractivity contribution < 1.29 is 56.8 Å². The molecule has 1 aliphatic heterocycles. The van der Waals surface area contributed by atoms with Gasteiger partial charge >= 0.3 is 11.9 Å². The maximum atomic E-state index is 12.8. The third-order valence-corrected chi connectivity index (χ3v) is 12.0. The van der Waals surface area contributed by atoms with Crippen LogP contribution in [0.25, 0.3) is 0 Å². The molecule has 0 aromatic carbocycles. The van der Waals surface area contributed by atoms with Crippen LogP contribution in [0.4, 0.5) is 0 Å². The van der Waals surface area contributed by atoms with Crippen molar-refractivity contribution in [2.75, 3.05) is 19.0 Å². The molecule has 4 N–H and O–H groups in total. The van der Waals surface area contributed by atoms with E-state index in [1.807, 2.05) is 0 Å². The van der Waals surface area contributed by atoms with Gasteiger partial charge < -0.3 is 34.3 Å². The van der Waals surface area contributed by atoms with Crippen molar-refractivity contribution in [3.63, 3.8) is 0 Å². The lowest BCUT2D eigenvalue weighted by atomic mass is 10.00. The molecule has 12 nitrogen and oxygen atoms in total. The molecule has 61 heavy (non-hydrogen) atoms. The van der Waals surface area contributed by atoms with E-state index >= 15 is 0 Å². The quantitative estimate of drug-likeness (QED) is 0.0197. The first-order chi connectivity index (χ1) is 29.5. The van der Waals surface area contributed by atoms with Gasteiger partial charge in [0.05, 0.1) is 6.61 Å². The minimum atomic E-state index is -4.60. The van der Waals surface area contributed by atoms with Gasteiger partial charge in [0.1, 0.15) is 36.8 Å². The fourth-order valence-corrected chi connectivity index (χ4v) is 8.12. The van der Waals surface area contributed by atoms with Crippen LogP contribution in [-0.4, -0.2) is 96.0 Å². The number of aliphatic hydroxyl groups excluding tert-OH is 3. The van der Waals surface area contributed by atoms with E-state index in [9.17, 15) is 37.9 Å². The number of ether oxygens (including phenoxy) is 4. The molecule has 0 bridgehead atoms. The highest BCUT2D eigenvalue weighted by molar-refractivity contribution is 7.85. The largest absolute Gasteiger partial charge is 0.462 e. The first-order valence-electron chi connectivity index (χ1n) is 24.4. The summed E-state index contributed by atoms with van der Waals surface area (Å²) in [5.41, 5.74) is 0. The van der Waals surface area contributed by atoms with E-state index in [4.69, 9.17) is 18.9 Å². The number of carbonyl (C=O) groups is 2. The fraction of sp³-hybridized carbons (Fsp3) is 0.875. The maximum Gasteiger partial charge on any atom is 0.306 e. The molecule has 0 aliphatic carbocycles. The normalized spacial score (nSPS) is 20.1. The monoisotopic (exact) mass is 889 g/mol. The SMILES string of the molecule is CCCCCCC/C=C/CCCCCCCC(=O)OC[C@H](CO[C@H]1O[C@H](CS(=O)(=O)O)[C@@H](O)C(O)C1O)OC(=O)CCCCCCCCCCC/C=C/CCCCCCCC. The summed E-state index contributed by atoms with van der Waals surface area (Å²) in [6.45, 7) is 3.75. The summed E-state index contributed by atoms with van der Waals surface area (Å²) in [4.78, 5) is 25.4. The molecule has 0 spiro atoms. The fourth-order valence-electron chi connectivity index (χ4n) is 7.43. The lowest BCUT2D eigenvalue weighted by Gasteiger charge is -2.40. The van der Waals surface area contributed by atoms with Crippen molar-refractivity contribution in [3.05, 3.63) is 24.3 Å². The second-order valence-corrected chi connectivity index (χ2v) is 18.6. The van der Waals surface area contributed by atoms with Gasteiger partial charge in [-0.2, -0.15) is 8.42 Å². The van der Waals surface area contributed by atoms with E-state index in [2.05, 4.69) is 38.2 Å². The van der Waals surface area contributed by atoms with Gasteiger partial charge in [-0.3, -0.25) is 14.1 Å². The Hall–Kier alpha value is -1.87. The highest BCUT2D eigenvalue weighted by Gasteiger charge is 2.46. The van der Waals surface area contributed by atoms with Crippen molar-refractivity contribution in [1.82, 2.24) is 0 Å². The van der Waals surface area contributed by atoms with Gasteiger partial charge in [-0.05, 0) is 64.2 Å². The van der Waals surface area contributed by atoms with Crippen LogP contribution in [-0.2, 0) is 38.7 Å². The van der Waals surface area contributed by atoms with Crippen molar-refractivity contribution >= 4 is 22.1 Å². The zero-order valence-electron chi connectivity index (χ0n) is 38.3. The number of hydrogen-bond donors (Lipinski definition) is 4. The molecule has 1 saturated heterocycles. The lowest BCUT2D eigenvalue weighted by molar-refractivity contribution is -0.297. The zero-order chi connectivity index (χ0) is 44.8. The molecule has 1 heterocycles. The van der Waals surface area contributed by atoms with Gasteiger partial charge in [0, 0.05) is 12.8 Å². The van der Waals surface area contributed by atoms with Crippen molar-refractivity contribution in [3.8, 4) is 0 Å². The Morgan fingerprint density at radius 2 is 0.934 bits per heavy atom. The number of unbranched alkanes of at least 4 members (excludes halogenated alkanes) is 25. The molecule has 2 unspecified atom stereocenters. The van der Waals surface area contributed by atoms with Crippen LogP contribution in [0, 0.1) is 0 Å². The van der Waals surface area contributed by atoms with Gasteiger partial charge in [-0.25, -0.2) is 0 Å². The van der Waals surface area contributed by atoms with Crippen LogP contribution in [0.15, 0.2) is 24.3 Å². The van der Waals surface area contributed by atoms with E-state index in [0.717, 1.165) is 57.8 Å². The summed E-state index contributed by atoms with van der Waals surface area (Å²) < 4.78 is 54.1. The van der Waals surface area contributed by atoms with Crippen molar-refractivity contribution in [2.45, 2.75) is 250 Å². The minimum Gasteiger partial charge on any atom is -0.462 e. The molecule has 6 atom stereocenters. The molecule has 13 heteroatoms. The van der Waals surface area contributed by atoms with Crippen LogP contribution < -0.4 is 0 Å². The second-order valence-electron chi connectivity index (χ2n) is 17.1. The van der Waals surface area contributed by atoms with E-state index in [0.29, 0.717) is 12.8 Å². The summed E-state index contributed by atoms with van der Waals surface area (Å²) in [7, 11) is -4.60. The first-order valence-corrected chi connectivity index (χ1v) is 26.0. The summed E-state index contributed by atoms with van der Waals surface area (Å²) in [5, 5.41) is 30.9. The molecule has 1 rings (SSSR count). The minimum absolute atomic E-state index is 0.162. The topological polar surface area (TPSA) is 186 Å². The Morgan fingerprint density at radius 3 is 1.36 bits per heavy atom. The second kappa shape index (κ2) is 38.6. The highest BCUT2D eigenvalue weighted by Crippen LogP contribution is 2.24. The predicted octanol–water partition coefficient (Wildman–Crippen LogP) is 10.4. The Balaban J connectivity index is 2.40. The standard InChI is InChI=1S/C48H88O12S/c1-3-5-7-9-11-13-15-17-19-20-21-22-23-25-27-29-31-33-35-37-44(50)59-41(39-58-48-47(53)46(52)45(51)42(60-48)40-61(54,55)56)38-57-43(49)36-34-32-30-28-26-24-18-16-14-12-10-8-6-4-2/h16-19,41-42,45-48,51-53H,3-15,20-40H2,1-2H3,(H,54,55,56)/b18-16+,19-17+/t41-,42-,45-,46?,47?,48+/m1/s1. The van der Waals surface area contributed by atoms with E-state index in [1.165, 1.54) is 116 Å². The summed E-state index contributed by atoms with van der Waals surface area (Å²) in [6.07, 6.45) is 33.6. The highest BCUT2D eigenvalue weighted by atomic mass is 32.2. The number of esters is 2. The van der Waals surface area contributed by atoms with E-state index in [-0.39, 0.29) is 19.4 Å². The number of allylic oxidation sites excluding steroid dienone is 4. The molecule has 1 fully saturated rings. The Labute approximate surface area is 370 Å². The van der Waals surface area contributed by atoms with Gasteiger partial charge in [-0.1, -0.05) is 160 Å². The molecule has 0 aromatic rings. The average molecular weight is 889 g/mol. The zero-order valence-corrected chi connectivity index (χ0v) is 39.1. The number of rotatable bonds is 41. The summed E-state index contributed by atoms with van der Waals surface area (Å²) in [5.74, 6) is -1.99. The van der Waals surface area contributed by atoms with E-state index < -0.39 is 71.2 Å². The first kappa shape index (κ1) is 57.1. The van der Waals surface area contributed by atoms with Crippen LogP contribution >= 0.6 is 0 Å². The number of aliphatic hydroxyl groups is 3. The smallest absolute Gasteiger partial charge is 0.306 e. The van der Waals surface area contributed by atoms with Crippen molar-refractivity contribution in [1.29, 1.82) is 0 Å². The van der Waals surface area contributed by atoms with Gasteiger partial charge in [0.2, 0.25) is 0 Å². The Kier molecular flexibility index (Phi) is 36.1. The Bertz CT molecular complexity index is 1220. The van der Waals surface area contributed by atoms with Crippen LogP contribution in [0.5, 0.6) is 0 Å². The molecule has 0 saturated carbocycles. The Morgan fingerprint density at radius 1 is 0.541 bits per heavy atom. The van der Waals surface area contributed by atoms with Gasteiger partial charge in [-0.15, -0.1) is 0 Å².